The van der Waals surface area contributed by atoms with Gasteiger partial charge in [-0.25, -0.2) is 0 Å². The van der Waals surface area contributed by atoms with Gasteiger partial charge in [-0.15, -0.1) is 0 Å². The highest BCUT2D eigenvalue weighted by atomic mass is 16.5. The van der Waals surface area contributed by atoms with E-state index in [9.17, 15) is 9.59 Å². The first kappa shape index (κ1) is 16.3. The van der Waals surface area contributed by atoms with Crippen molar-refractivity contribution >= 4 is 12.3 Å². The van der Waals surface area contributed by atoms with Crippen molar-refractivity contribution in [2.75, 3.05) is 20.8 Å². The summed E-state index contributed by atoms with van der Waals surface area (Å²) < 4.78 is 15.8. The summed E-state index contributed by atoms with van der Waals surface area (Å²) in [6.07, 6.45) is 4.28. The van der Waals surface area contributed by atoms with E-state index in [1.165, 1.54) is 14.2 Å². The Morgan fingerprint density at radius 3 is 2.45 bits per heavy atom. The highest BCUT2D eigenvalue weighted by Crippen LogP contribution is 2.31. The minimum atomic E-state index is -0.115. The van der Waals surface area contributed by atoms with Gasteiger partial charge in [0.1, 0.15) is 11.5 Å². The van der Waals surface area contributed by atoms with Crippen LogP contribution in [0.4, 0.5) is 0 Å². The number of hydrogen-bond donors (Lipinski definition) is 0. The van der Waals surface area contributed by atoms with Crippen LogP contribution in [0, 0.1) is 11.8 Å². The van der Waals surface area contributed by atoms with Crippen LogP contribution in [0.5, 0.6) is 11.5 Å². The molecule has 0 aliphatic heterocycles. The molecule has 2 rings (SSSR count). The molecule has 1 aliphatic rings. The van der Waals surface area contributed by atoms with E-state index in [-0.39, 0.29) is 11.9 Å². The van der Waals surface area contributed by atoms with Crippen molar-refractivity contribution in [1.29, 1.82) is 0 Å². The smallest absolute Gasteiger partial charge is 0.308 e. The van der Waals surface area contributed by atoms with E-state index in [0.29, 0.717) is 29.6 Å². The average molecular weight is 306 g/mol. The number of benzene rings is 1. The third-order valence-corrected chi connectivity index (χ3v) is 4.22. The Labute approximate surface area is 130 Å². The summed E-state index contributed by atoms with van der Waals surface area (Å²) in [7, 11) is 2.96. The van der Waals surface area contributed by atoms with Gasteiger partial charge in [0.15, 0.2) is 6.29 Å². The van der Waals surface area contributed by atoms with Crippen molar-refractivity contribution in [3.05, 3.63) is 23.8 Å². The molecule has 5 nitrogen and oxygen atoms in total. The number of esters is 1. The molecule has 1 saturated carbocycles. The molecule has 1 aromatic carbocycles. The maximum Gasteiger partial charge on any atom is 0.308 e. The lowest BCUT2D eigenvalue weighted by atomic mass is 9.82. The fraction of sp³-hybridized carbons (Fsp3) is 0.529. The lowest BCUT2D eigenvalue weighted by Crippen LogP contribution is -2.25. The molecule has 0 radical (unpaired) electrons. The Kier molecular flexibility index (Phi) is 5.81. The second-order valence-electron chi connectivity index (χ2n) is 5.54. The highest BCUT2D eigenvalue weighted by molar-refractivity contribution is 5.83. The van der Waals surface area contributed by atoms with Gasteiger partial charge in [0.05, 0.1) is 32.3 Å². The fourth-order valence-corrected chi connectivity index (χ4v) is 2.88. The summed E-state index contributed by atoms with van der Waals surface area (Å²) in [6.45, 7) is 0.544. The molecule has 0 N–H and O–H groups in total. The van der Waals surface area contributed by atoms with Crippen LogP contribution in [0.25, 0.3) is 0 Å². The average Bonchev–Trinajstić information content (AvgIpc) is 2.59. The number of methoxy groups -OCH3 is 2. The zero-order valence-electron chi connectivity index (χ0n) is 13.0. The number of carbonyl (C=O) groups is 2. The third-order valence-electron chi connectivity index (χ3n) is 4.22. The Morgan fingerprint density at radius 2 is 1.86 bits per heavy atom. The highest BCUT2D eigenvalue weighted by Gasteiger charge is 2.27. The molecule has 0 spiro atoms. The molecule has 0 saturated heterocycles. The Hall–Kier alpha value is -2.04. The molecule has 0 atom stereocenters. The Morgan fingerprint density at radius 1 is 1.18 bits per heavy atom. The quantitative estimate of drug-likeness (QED) is 0.597. The minimum absolute atomic E-state index is 0.0172. The van der Waals surface area contributed by atoms with Gasteiger partial charge in [-0.05, 0) is 43.7 Å². The SMILES string of the molecule is COC(=O)C1CCC(COc2cccc(OC)c2C=O)CC1. The first-order valence-corrected chi connectivity index (χ1v) is 7.52. The van der Waals surface area contributed by atoms with Gasteiger partial charge in [-0.1, -0.05) is 6.07 Å². The summed E-state index contributed by atoms with van der Waals surface area (Å²) in [4.78, 5) is 22.7. The van der Waals surface area contributed by atoms with E-state index in [0.717, 1.165) is 32.0 Å². The standard InChI is InChI=1S/C17H22O5/c1-20-15-4-3-5-16(14(15)10-18)22-11-12-6-8-13(9-7-12)17(19)21-2/h3-5,10,12-13H,6-9,11H2,1-2H3. The van der Waals surface area contributed by atoms with Gasteiger partial charge < -0.3 is 14.2 Å². The molecule has 0 heterocycles. The molecular weight excluding hydrogens is 284 g/mol. The van der Waals surface area contributed by atoms with E-state index in [4.69, 9.17) is 14.2 Å². The van der Waals surface area contributed by atoms with Crippen LogP contribution in [-0.4, -0.2) is 33.1 Å². The van der Waals surface area contributed by atoms with Crippen molar-refractivity contribution in [1.82, 2.24) is 0 Å². The van der Waals surface area contributed by atoms with E-state index in [2.05, 4.69) is 0 Å². The number of ether oxygens (including phenoxy) is 3. The van der Waals surface area contributed by atoms with Crippen LogP contribution in [0.15, 0.2) is 18.2 Å². The molecular formula is C17H22O5. The second kappa shape index (κ2) is 7.82. The molecule has 0 bridgehead atoms. The van der Waals surface area contributed by atoms with Crippen LogP contribution in [0.2, 0.25) is 0 Å². The van der Waals surface area contributed by atoms with Crippen LogP contribution in [-0.2, 0) is 9.53 Å². The van der Waals surface area contributed by atoms with Gasteiger partial charge in [0.25, 0.3) is 0 Å². The van der Waals surface area contributed by atoms with E-state index < -0.39 is 0 Å². The molecule has 22 heavy (non-hydrogen) atoms. The molecule has 0 unspecified atom stereocenters. The molecule has 0 amide bonds. The summed E-state index contributed by atoms with van der Waals surface area (Å²) in [5.74, 6) is 1.36. The predicted molar refractivity (Wildman–Crippen MR) is 81.3 cm³/mol. The molecule has 0 aromatic heterocycles. The first-order valence-electron chi connectivity index (χ1n) is 7.52. The van der Waals surface area contributed by atoms with E-state index in [1.54, 1.807) is 18.2 Å². The first-order chi connectivity index (χ1) is 10.7. The van der Waals surface area contributed by atoms with Gasteiger partial charge in [-0.3, -0.25) is 9.59 Å². The summed E-state index contributed by atoms with van der Waals surface area (Å²) in [5.41, 5.74) is 0.438. The fourth-order valence-electron chi connectivity index (χ4n) is 2.88. The van der Waals surface area contributed by atoms with Crippen molar-refractivity contribution in [2.24, 2.45) is 11.8 Å². The van der Waals surface area contributed by atoms with Crippen molar-refractivity contribution in [3.8, 4) is 11.5 Å². The normalized spacial score (nSPS) is 21.0. The van der Waals surface area contributed by atoms with Crippen LogP contribution >= 0.6 is 0 Å². The summed E-state index contributed by atoms with van der Waals surface area (Å²) in [5, 5.41) is 0. The van der Waals surface area contributed by atoms with Crippen LogP contribution < -0.4 is 9.47 Å². The molecule has 1 fully saturated rings. The van der Waals surface area contributed by atoms with E-state index >= 15 is 0 Å². The second-order valence-corrected chi connectivity index (χ2v) is 5.54. The molecule has 5 heteroatoms. The number of carbonyl (C=O) groups excluding carboxylic acids is 2. The monoisotopic (exact) mass is 306 g/mol. The maximum absolute atomic E-state index is 11.5. The topological polar surface area (TPSA) is 61.8 Å². The van der Waals surface area contributed by atoms with Crippen molar-refractivity contribution in [3.63, 3.8) is 0 Å². The van der Waals surface area contributed by atoms with Gasteiger partial charge in [0.2, 0.25) is 0 Å². The van der Waals surface area contributed by atoms with Gasteiger partial charge in [-0.2, -0.15) is 0 Å². The number of hydrogen-bond acceptors (Lipinski definition) is 5. The predicted octanol–water partition coefficient (Wildman–Crippen LogP) is 2.87. The number of aldehydes is 1. The Balaban J connectivity index is 1.90. The van der Waals surface area contributed by atoms with Gasteiger partial charge in [0, 0.05) is 0 Å². The Bertz CT molecular complexity index is 518. The zero-order chi connectivity index (χ0) is 15.9. The number of rotatable bonds is 6. The van der Waals surface area contributed by atoms with Crippen LogP contribution in [0.1, 0.15) is 36.0 Å². The lowest BCUT2D eigenvalue weighted by molar-refractivity contribution is -0.146. The minimum Gasteiger partial charge on any atom is -0.496 e. The largest absolute Gasteiger partial charge is 0.496 e. The van der Waals surface area contributed by atoms with Crippen molar-refractivity contribution < 1.29 is 23.8 Å². The summed E-state index contributed by atoms with van der Waals surface area (Å²) in [6, 6.07) is 5.31. The van der Waals surface area contributed by atoms with Crippen LogP contribution in [0.3, 0.4) is 0 Å². The summed E-state index contributed by atoms with van der Waals surface area (Å²) >= 11 is 0. The lowest BCUT2D eigenvalue weighted by Gasteiger charge is -2.27. The molecule has 1 aromatic rings. The third kappa shape index (κ3) is 3.78. The zero-order valence-corrected chi connectivity index (χ0v) is 13.0. The van der Waals surface area contributed by atoms with Gasteiger partial charge >= 0.3 is 5.97 Å². The molecule has 120 valence electrons. The maximum atomic E-state index is 11.5. The molecule has 1 aliphatic carbocycles. The van der Waals surface area contributed by atoms with Crippen molar-refractivity contribution in [2.45, 2.75) is 25.7 Å². The van der Waals surface area contributed by atoms with E-state index in [1.807, 2.05) is 0 Å².